The average molecular weight is 246 g/mol. The van der Waals surface area contributed by atoms with Crippen molar-refractivity contribution >= 4 is 11.6 Å². The highest BCUT2D eigenvalue weighted by Crippen LogP contribution is 2.21. The van der Waals surface area contributed by atoms with Gasteiger partial charge in [0.25, 0.3) is 5.91 Å². The predicted octanol–water partition coefficient (Wildman–Crippen LogP) is 2.00. The highest BCUT2D eigenvalue weighted by molar-refractivity contribution is 6.02. The minimum absolute atomic E-state index is 0.161. The van der Waals surface area contributed by atoms with Gasteiger partial charge in [0, 0.05) is 5.69 Å². The molecule has 0 fully saturated rings. The normalized spacial score (nSPS) is 10.3. The van der Waals surface area contributed by atoms with Crippen LogP contribution in [0.15, 0.2) is 34.7 Å². The molecule has 1 aromatic carbocycles. The summed E-state index contributed by atoms with van der Waals surface area (Å²) in [6.07, 6.45) is 0. The monoisotopic (exact) mass is 246 g/mol. The Kier molecular flexibility index (Phi) is 3.34. The standard InChI is InChI=1S/C13H14N2O3/c1-8-6-9(16)2-4-11(8)15-13(17)12-5-3-10(7-14)18-12/h2-6,16H,7,14H2,1H3,(H,15,17). The fourth-order valence-electron chi connectivity index (χ4n) is 1.58. The van der Waals surface area contributed by atoms with Crippen molar-refractivity contribution in [1.29, 1.82) is 0 Å². The van der Waals surface area contributed by atoms with Crippen molar-refractivity contribution in [2.45, 2.75) is 13.5 Å². The zero-order valence-electron chi connectivity index (χ0n) is 9.93. The number of benzene rings is 1. The molecule has 0 radical (unpaired) electrons. The molecule has 2 aromatic rings. The molecule has 1 heterocycles. The van der Waals surface area contributed by atoms with Crippen LogP contribution in [0.2, 0.25) is 0 Å². The Hall–Kier alpha value is -2.27. The van der Waals surface area contributed by atoms with Crippen molar-refractivity contribution < 1.29 is 14.3 Å². The van der Waals surface area contributed by atoms with Crippen LogP contribution in [0.1, 0.15) is 21.9 Å². The Bertz CT molecular complexity index is 575. The number of carbonyl (C=O) groups is 1. The molecule has 0 aliphatic carbocycles. The molecule has 0 aliphatic rings. The van der Waals surface area contributed by atoms with Crippen molar-refractivity contribution in [2.75, 3.05) is 5.32 Å². The summed E-state index contributed by atoms with van der Waals surface area (Å²) in [6.45, 7) is 2.05. The average Bonchev–Trinajstić information content (AvgIpc) is 2.81. The van der Waals surface area contributed by atoms with Crippen molar-refractivity contribution in [2.24, 2.45) is 5.73 Å². The van der Waals surface area contributed by atoms with E-state index in [4.69, 9.17) is 10.2 Å². The van der Waals surface area contributed by atoms with Gasteiger partial charge in [-0.05, 0) is 42.8 Å². The maximum atomic E-state index is 11.9. The number of amides is 1. The van der Waals surface area contributed by atoms with E-state index in [1.807, 2.05) is 0 Å². The molecule has 5 nitrogen and oxygen atoms in total. The smallest absolute Gasteiger partial charge is 0.291 e. The van der Waals surface area contributed by atoms with Crippen molar-refractivity contribution in [3.05, 3.63) is 47.4 Å². The summed E-state index contributed by atoms with van der Waals surface area (Å²) in [5, 5.41) is 12.0. The van der Waals surface area contributed by atoms with Gasteiger partial charge in [0.1, 0.15) is 11.5 Å². The van der Waals surface area contributed by atoms with Gasteiger partial charge in [-0.1, -0.05) is 0 Å². The summed E-state index contributed by atoms with van der Waals surface area (Å²) in [6, 6.07) is 7.96. The number of rotatable bonds is 3. The molecule has 0 unspecified atom stereocenters. The molecule has 0 saturated carbocycles. The Balaban J connectivity index is 2.16. The summed E-state index contributed by atoms with van der Waals surface area (Å²) >= 11 is 0. The van der Waals surface area contributed by atoms with Crippen LogP contribution in [0.5, 0.6) is 5.75 Å². The first kappa shape index (κ1) is 12.2. The van der Waals surface area contributed by atoms with Crippen LogP contribution in [0.25, 0.3) is 0 Å². The Labute approximate surface area is 104 Å². The molecule has 0 spiro atoms. The highest BCUT2D eigenvalue weighted by Gasteiger charge is 2.12. The number of nitrogens with two attached hydrogens (primary N) is 1. The lowest BCUT2D eigenvalue weighted by Gasteiger charge is -2.07. The topological polar surface area (TPSA) is 88.5 Å². The first-order chi connectivity index (χ1) is 8.60. The Morgan fingerprint density at radius 2 is 2.17 bits per heavy atom. The number of hydrogen-bond donors (Lipinski definition) is 3. The molecular formula is C13H14N2O3. The molecule has 0 saturated heterocycles. The third kappa shape index (κ3) is 2.52. The lowest BCUT2D eigenvalue weighted by molar-refractivity contribution is 0.0995. The molecule has 0 atom stereocenters. The maximum Gasteiger partial charge on any atom is 0.291 e. The highest BCUT2D eigenvalue weighted by atomic mass is 16.4. The number of furan rings is 1. The molecular weight excluding hydrogens is 232 g/mol. The molecule has 94 valence electrons. The van der Waals surface area contributed by atoms with E-state index in [2.05, 4.69) is 5.32 Å². The van der Waals surface area contributed by atoms with E-state index >= 15 is 0 Å². The first-order valence-corrected chi connectivity index (χ1v) is 5.50. The second-order valence-electron chi connectivity index (χ2n) is 3.92. The zero-order chi connectivity index (χ0) is 13.1. The van der Waals surface area contributed by atoms with Gasteiger partial charge >= 0.3 is 0 Å². The van der Waals surface area contributed by atoms with Crippen LogP contribution < -0.4 is 11.1 Å². The van der Waals surface area contributed by atoms with E-state index in [1.165, 1.54) is 6.07 Å². The number of phenolic OH excluding ortho intramolecular Hbond substituents is 1. The fraction of sp³-hybridized carbons (Fsp3) is 0.154. The minimum Gasteiger partial charge on any atom is -0.508 e. The third-order valence-corrected chi connectivity index (χ3v) is 2.54. The van der Waals surface area contributed by atoms with Gasteiger partial charge < -0.3 is 20.6 Å². The zero-order valence-corrected chi connectivity index (χ0v) is 9.93. The van der Waals surface area contributed by atoms with E-state index < -0.39 is 0 Å². The summed E-state index contributed by atoms with van der Waals surface area (Å²) < 4.78 is 5.24. The molecule has 1 amide bonds. The van der Waals surface area contributed by atoms with Crippen LogP contribution >= 0.6 is 0 Å². The second kappa shape index (κ2) is 4.93. The molecule has 18 heavy (non-hydrogen) atoms. The molecule has 0 aliphatic heterocycles. The van der Waals surface area contributed by atoms with Gasteiger partial charge in [-0.3, -0.25) is 4.79 Å². The fourth-order valence-corrected chi connectivity index (χ4v) is 1.58. The molecule has 5 heteroatoms. The molecule has 4 N–H and O–H groups in total. The van der Waals surface area contributed by atoms with Gasteiger partial charge in [-0.25, -0.2) is 0 Å². The van der Waals surface area contributed by atoms with Crippen LogP contribution in [-0.4, -0.2) is 11.0 Å². The molecule has 1 aromatic heterocycles. The Morgan fingerprint density at radius 1 is 1.39 bits per heavy atom. The van der Waals surface area contributed by atoms with Gasteiger partial charge in [0.05, 0.1) is 6.54 Å². The van der Waals surface area contributed by atoms with Crippen LogP contribution in [0.4, 0.5) is 5.69 Å². The number of anilines is 1. The minimum atomic E-state index is -0.344. The van der Waals surface area contributed by atoms with E-state index in [1.54, 1.807) is 31.2 Å². The number of aryl methyl sites for hydroxylation is 1. The van der Waals surface area contributed by atoms with Crippen molar-refractivity contribution in [1.82, 2.24) is 0 Å². The summed E-state index contributed by atoms with van der Waals surface area (Å²) in [5.41, 5.74) is 6.80. The summed E-state index contributed by atoms with van der Waals surface area (Å²) in [5.74, 6) is 0.586. The third-order valence-electron chi connectivity index (χ3n) is 2.54. The molecule has 0 bridgehead atoms. The van der Waals surface area contributed by atoms with E-state index in [-0.39, 0.29) is 24.0 Å². The number of hydrogen-bond acceptors (Lipinski definition) is 4. The number of carbonyl (C=O) groups excluding carboxylic acids is 1. The number of phenols is 1. The number of aromatic hydroxyl groups is 1. The van der Waals surface area contributed by atoms with E-state index in [0.717, 1.165) is 5.56 Å². The van der Waals surface area contributed by atoms with Gasteiger partial charge in [0.2, 0.25) is 0 Å². The van der Waals surface area contributed by atoms with Gasteiger partial charge in [-0.15, -0.1) is 0 Å². The Morgan fingerprint density at radius 3 is 2.78 bits per heavy atom. The predicted molar refractivity (Wildman–Crippen MR) is 67.4 cm³/mol. The van der Waals surface area contributed by atoms with Crippen molar-refractivity contribution in [3.63, 3.8) is 0 Å². The van der Waals surface area contributed by atoms with Crippen LogP contribution in [-0.2, 0) is 6.54 Å². The quantitative estimate of drug-likeness (QED) is 0.723. The van der Waals surface area contributed by atoms with E-state index in [9.17, 15) is 9.90 Å². The van der Waals surface area contributed by atoms with Gasteiger partial charge in [-0.2, -0.15) is 0 Å². The summed E-state index contributed by atoms with van der Waals surface area (Å²) in [7, 11) is 0. The van der Waals surface area contributed by atoms with Crippen LogP contribution in [0.3, 0.4) is 0 Å². The largest absolute Gasteiger partial charge is 0.508 e. The lowest BCUT2D eigenvalue weighted by Crippen LogP contribution is -2.11. The first-order valence-electron chi connectivity index (χ1n) is 5.50. The SMILES string of the molecule is Cc1cc(O)ccc1NC(=O)c1ccc(CN)o1. The molecule has 2 rings (SSSR count). The lowest BCUT2D eigenvalue weighted by atomic mass is 10.2. The maximum absolute atomic E-state index is 11.9. The second-order valence-corrected chi connectivity index (χ2v) is 3.92. The van der Waals surface area contributed by atoms with Crippen molar-refractivity contribution in [3.8, 4) is 5.75 Å². The van der Waals surface area contributed by atoms with Gasteiger partial charge in [0.15, 0.2) is 5.76 Å². The summed E-state index contributed by atoms with van der Waals surface area (Å²) in [4.78, 5) is 11.9. The van der Waals surface area contributed by atoms with Crippen LogP contribution in [0, 0.1) is 6.92 Å². The number of nitrogens with one attached hydrogen (secondary N) is 1. The van der Waals surface area contributed by atoms with E-state index in [0.29, 0.717) is 11.4 Å².